The zero-order valence-corrected chi connectivity index (χ0v) is 10.7. The number of rotatable bonds is 5. The standard InChI is InChI=1S/C13H13F2N3O2/c1-7(6-16)5-10(12(17)19)18-13(20)8-3-2-4-9(14)11(8)15/h2-4,7,10H,5H2,1H3,(H2,17,19)(H,18,20)/t7-,10-/m1/s1. The van der Waals surface area contributed by atoms with Crippen LogP contribution in [0.1, 0.15) is 23.7 Å². The summed E-state index contributed by atoms with van der Waals surface area (Å²) in [4.78, 5) is 23.0. The molecule has 1 aromatic carbocycles. The summed E-state index contributed by atoms with van der Waals surface area (Å²) in [5.74, 6) is -4.81. The molecule has 7 heteroatoms. The van der Waals surface area contributed by atoms with Gasteiger partial charge in [0, 0.05) is 5.92 Å². The molecule has 0 aliphatic heterocycles. The lowest BCUT2D eigenvalue weighted by Gasteiger charge is -2.16. The summed E-state index contributed by atoms with van der Waals surface area (Å²) < 4.78 is 26.4. The number of benzene rings is 1. The van der Waals surface area contributed by atoms with E-state index < -0.39 is 41.0 Å². The van der Waals surface area contributed by atoms with Crippen LogP contribution in [-0.2, 0) is 4.79 Å². The SMILES string of the molecule is C[C@@H](C#N)C[C@@H](NC(=O)c1cccc(F)c1F)C(N)=O. The van der Waals surface area contributed by atoms with Crippen molar-refractivity contribution in [2.75, 3.05) is 0 Å². The summed E-state index contributed by atoms with van der Waals surface area (Å²) in [7, 11) is 0. The van der Waals surface area contributed by atoms with Crippen LogP contribution in [0.2, 0.25) is 0 Å². The van der Waals surface area contributed by atoms with Gasteiger partial charge in [-0.25, -0.2) is 8.78 Å². The first kappa shape index (κ1) is 15.6. The number of nitrogens with zero attached hydrogens (tertiary/aromatic N) is 1. The molecule has 0 spiro atoms. The number of primary amides is 1. The van der Waals surface area contributed by atoms with Crippen molar-refractivity contribution < 1.29 is 18.4 Å². The van der Waals surface area contributed by atoms with Gasteiger partial charge in [0.1, 0.15) is 6.04 Å². The minimum Gasteiger partial charge on any atom is -0.368 e. The average molecular weight is 281 g/mol. The van der Waals surface area contributed by atoms with Crippen LogP contribution in [-0.4, -0.2) is 17.9 Å². The molecule has 2 amide bonds. The lowest BCUT2D eigenvalue weighted by Crippen LogP contribution is -2.45. The highest BCUT2D eigenvalue weighted by atomic mass is 19.2. The first-order chi connectivity index (χ1) is 9.36. The third-order valence-electron chi connectivity index (χ3n) is 2.65. The molecule has 0 saturated heterocycles. The fourth-order valence-corrected chi connectivity index (χ4v) is 1.57. The van der Waals surface area contributed by atoms with Crippen LogP contribution in [0, 0.1) is 28.9 Å². The Morgan fingerprint density at radius 3 is 2.65 bits per heavy atom. The highest BCUT2D eigenvalue weighted by Crippen LogP contribution is 2.12. The molecule has 1 aromatic rings. The van der Waals surface area contributed by atoms with Crippen LogP contribution >= 0.6 is 0 Å². The van der Waals surface area contributed by atoms with E-state index in [2.05, 4.69) is 5.32 Å². The summed E-state index contributed by atoms with van der Waals surface area (Å²) in [6.45, 7) is 1.55. The molecular formula is C13H13F2N3O2. The van der Waals surface area contributed by atoms with Gasteiger partial charge in [-0.15, -0.1) is 0 Å². The smallest absolute Gasteiger partial charge is 0.255 e. The van der Waals surface area contributed by atoms with Gasteiger partial charge in [0.15, 0.2) is 11.6 Å². The molecule has 0 bridgehead atoms. The van der Waals surface area contributed by atoms with Crippen molar-refractivity contribution in [1.82, 2.24) is 5.32 Å². The van der Waals surface area contributed by atoms with E-state index in [9.17, 15) is 18.4 Å². The Bertz CT molecular complexity index is 569. The van der Waals surface area contributed by atoms with Gasteiger partial charge in [0.2, 0.25) is 5.91 Å². The summed E-state index contributed by atoms with van der Waals surface area (Å²) in [5, 5.41) is 10.9. The number of nitriles is 1. The Kier molecular flexibility index (Phi) is 5.15. The highest BCUT2D eigenvalue weighted by Gasteiger charge is 2.23. The number of nitrogens with one attached hydrogen (secondary N) is 1. The predicted octanol–water partition coefficient (Wildman–Crippen LogP) is 1.10. The molecule has 0 aliphatic carbocycles. The van der Waals surface area contributed by atoms with Gasteiger partial charge in [-0.1, -0.05) is 6.07 Å². The first-order valence-corrected chi connectivity index (χ1v) is 5.80. The zero-order valence-electron chi connectivity index (χ0n) is 10.7. The van der Waals surface area contributed by atoms with Crippen molar-refractivity contribution in [2.45, 2.75) is 19.4 Å². The highest BCUT2D eigenvalue weighted by molar-refractivity contribution is 5.97. The Labute approximate surface area is 114 Å². The normalized spacial score (nSPS) is 13.1. The maximum absolute atomic E-state index is 13.4. The molecule has 5 nitrogen and oxygen atoms in total. The Morgan fingerprint density at radius 2 is 2.10 bits per heavy atom. The van der Waals surface area contributed by atoms with E-state index in [1.807, 2.05) is 6.07 Å². The van der Waals surface area contributed by atoms with E-state index in [0.29, 0.717) is 0 Å². The fraction of sp³-hybridized carbons (Fsp3) is 0.308. The van der Waals surface area contributed by atoms with Crippen molar-refractivity contribution >= 4 is 11.8 Å². The number of carbonyl (C=O) groups excluding carboxylic acids is 2. The molecule has 20 heavy (non-hydrogen) atoms. The monoisotopic (exact) mass is 281 g/mol. The maximum Gasteiger partial charge on any atom is 0.255 e. The van der Waals surface area contributed by atoms with E-state index in [-0.39, 0.29) is 6.42 Å². The van der Waals surface area contributed by atoms with Crippen molar-refractivity contribution in [3.05, 3.63) is 35.4 Å². The van der Waals surface area contributed by atoms with E-state index >= 15 is 0 Å². The molecule has 3 N–H and O–H groups in total. The molecule has 106 valence electrons. The van der Waals surface area contributed by atoms with Gasteiger partial charge in [0.25, 0.3) is 5.91 Å². The van der Waals surface area contributed by atoms with E-state index in [1.54, 1.807) is 6.92 Å². The van der Waals surface area contributed by atoms with Gasteiger partial charge < -0.3 is 11.1 Å². The maximum atomic E-state index is 13.4. The number of hydrogen-bond acceptors (Lipinski definition) is 3. The van der Waals surface area contributed by atoms with Crippen LogP contribution < -0.4 is 11.1 Å². The second-order valence-electron chi connectivity index (χ2n) is 4.30. The van der Waals surface area contributed by atoms with Gasteiger partial charge in [-0.2, -0.15) is 5.26 Å². The predicted molar refractivity (Wildman–Crippen MR) is 66.2 cm³/mol. The van der Waals surface area contributed by atoms with Gasteiger partial charge in [0.05, 0.1) is 11.6 Å². The van der Waals surface area contributed by atoms with Crippen molar-refractivity contribution in [2.24, 2.45) is 11.7 Å². The molecule has 0 unspecified atom stereocenters. The number of nitrogens with two attached hydrogens (primary N) is 1. The van der Waals surface area contributed by atoms with Crippen molar-refractivity contribution in [1.29, 1.82) is 5.26 Å². The largest absolute Gasteiger partial charge is 0.368 e. The third kappa shape index (κ3) is 3.75. The number of halogens is 2. The van der Waals surface area contributed by atoms with Crippen LogP contribution in [0.15, 0.2) is 18.2 Å². The lowest BCUT2D eigenvalue weighted by atomic mass is 10.0. The lowest BCUT2D eigenvalue weighted by molar-refractivity contribution is -0.120. The third-order valence-corrected chi connectivity index (χ3v) is 2.65. The summed E-state index contributed by atoms with van der Waals surface area (Å²) in [5.41, 5.74) is 4.58. The Morgan fingerprint density at radius 1 is 1.45 bits per heavy atom. The van der Waals surface area contributed by atoms with Crippen LogP contribution in [0.3, 0.4) is 0 Å². The minimum atomic E-state index is -1.30. The van der Waals surface area contributed by atoms with E-state index in [4.69, 9.17) is 11.0 Å². The van der Waals surface area contributed by atoms with E-state index in [1.165, 1.54) is 6.07 Å². The molecule has 0 saturated carbocycles. The summed E-state index contributed by atoms with van der Waals surface area (Å²) in [6, 6.07) is 3.89. The van der Waals surface area contributed by atoms with Gasteiger partial charge in [-0.3, -0.25) is 9.59 Å². The fourth-order valence-electron chi connectivity index (χ4n) is 1.57. The number of carbonyl (C=O) groups is 2. The molecular weight excluding hydrogens is 268 g/mol. The topological polar surface area (TPSA) is 96.0 Å². The quantitative estimate of drug-likeness (QED) is 0.845. The molecule has 0 fully saturated rings. The second kappa shape index (κ2) is 6.61. The molecule has 0 radical (unpaired) electrons. The number of hydrogen-bond donors (Lipinski definition) is 2. The van der Waals surface area contributed by atoms with Crippen molar-refractivity contribution in [3.8, 4) is 6.07 Å². The number of amides is 2. The summed E-state index contributed by atoms with van der Waals surface area (Å²) >= 11 is 0. The van der Waals surface area contributed by atoms with Gasteiger partial charge >= 0.3 is 0 Å². The average Bonchev–Trinajstić information content (AvgIpc) is 2.40. The zero-order chi connectivity index (χ0) is 15.3. The van der Waals surface area contributed by atoms with Crippen LogP contribution in [0.25, 0.3) is 0 Å². The Balaban J connectivity index is 2.89. The molecule has 2 atom stereocenters. The molecule has 1 rings (SSSR count). The first-order valence-electron chi connectivity index (χ1n) is 5.80. The van der Waals surface area contributed by atoms with Crippen molar-refractivity contribution in [3.63, 3.8) is 0 Å². The van der Waals surface area contributed by atoms with Crippen LogP contribution in [0.4, 0.5) is 8.78 Å². The second-order valence-corrected chi connectivity index (χ2v) is 4.30. The molecule has 0 aromatic heterocycles. The minimum absolute atomic E-state index is 0.00545. The molecule has 0 aliphatic rings. The Hall–Kier alpha value is -2.49. The van der Waals surface area contributed by atoms with Crippen LogP contribution in [0.5, 0.6) is 0 Å². The van der Waals surface area contributed by atoms with Gasteiger partial charge in [-0.05, 0) is 25.5 Å². The molecule has 0 heterocycles. The summed E-state index contributed by atoms with van der Waals surface area (Å²) in [6.07, 6.45) is -0.00545. The van der Waals surface area contributed by atoms with E-state index in [0.717, 1.165) is 12.1 Å².